The number of thiophene rings is 1. The smallest absolute Gasteiger partial charge is 0.263 e. The van der Waals surface area contributed by atoms with Gasteiger partial charge in [-0.3, -0.25) is 9.69 Å². The van der Waals surface area contributed by atoms with Crippen LogP contribution in [-0.2, 0) is 6.54 Å². The first-order chi connectivity index (χ1) is 11.9. The SMILES string of the molecule is Cc1csc(C(=O)NC2CCN(Cc3ccc(F)c(F)c3)CC2)c1Cl. The summed E-state index contributed by atoms with van der Waals surface area (Å²) in [4.78, 5) is 15.0. The maximum absolute atomic E-state index is 13.3. The molecule has 2 aromatic rings. The molecule has 1 N–H and O–H groups in total. The summed E-state index contributed by atoms with van der Waals surface area (Å²) in [5, 5.41) is 5.44. The number of aryl methyl sites for hydroxylation is 1. The van der Waals surface area contributed by atoms with E-state index in [1.807, 2.05) is 12.3 Å². The van der Waals surface area contributed by atoms with Gasteiger partial charge < -0.3 is 5.32 Å². The molecule has 3 rings (SSSR count). The second-order valence-electron chi connectivity index (χ2n) is 6.33. The van der Waals surface area contributed by atoms with Gasteiger partial charge in [-0.2, -0.15) is 0 Å². The Kier molecular flexibility index (Phi) is 5.71. The normalized spacial score (nSPS) is 16.2. The van der Waals surface area contributed by atoms with Crippen LogP contribution in [0.5, 0.6) is 0 Å². The van der Waals surface area contributed by atoms with Crippen LogP contribution in [0.25, 0.3) is 0 Å². The van der Waals surface area contributed by atoms with Gasteiger partial charge in [-0.1, -0.05) is 17.7 Å². The van der Waals surface area contributed by atoms with Gasteiger partial charge in [0.1, 0.15) is 4.88 Å². The molecule has 0 aliphatic carbocycles. The summed E-state index contributed by atoms with van der Waals surface area (Å²) in [6.45, 7) is 4.04. The van der Waals surface area contributed by atoms with E-state index in [4.69, 9.17) is 11.6 Å². The number of amides is 1. The van der Waals surface area contributed by atoms with E-state index < -0.39 is 11.6 Å². The molecule has 0 atom stereocenters. The first kappa shape index (κ1) is 18.3. The highest BCUT2D eigenvalue weighted by atomic mass is 35.5. The van der Waals surface area contributed by atoms with Crippen LogP contribution in [0.1, 0.15) is 33.6 Å². The van der Waals surface area contributed by atoms with E-state index in [0.717, 1.165) is 43.1 Å². The van der Waals surface area contributed by atoms with Gasteiger partial charge in [0.05, 0.1) is 5.02 Å². The molecule has 1 aliphatic heterocycles. The number of hydrogen-bond acceptors (Lipinski definition) is 3. The molecule has 7 heteroatoms. The molecule has 1 amide bonds. The first-order valence-corrected chi connectivity index (χ1v) is 9.40. The van der Waals surface area contributed by atoms with Crippen molar-refractivity contribution in [2.45, 2.75) is 32.4 Å². The predicted molar refractivity (Wildman–Crippen MR) is 96.2 cm³/mol. The number of likely N-dealkylation sites (tertiary alicyclic amines) is 1. The lowest BCUT2D eigenvalue weighted by Crippen LogP contribution is -2.44. The average molecular weight is 385 g/mol. The number of piperidine rings is 1. The molecule has 0 spiro atoms. The van der Waals surface area contributed by atoms with Gasteiger partial charge in [0.2, 0.25) is 0 Å². The summed E-state index contributed by atoms with van der Waals surface area (Å²) in [5.74, 6) is -1.77. The van der Waals surface area contributed by atoms with E-state index in [2.05, 4.69) is 10.2 Å². The first-order valence-electron chi connectivity index (χ1n) is 8.15. The molecule has 1 aliphatic rings. The van der Waals surface area contributed by atoms with Gasteiger partial charge in [-0.05, 0) is 48.4 Å². The van der Waals surface area contributed by atoms with Crippen LogP contribution in [-0.4, -0.2) is 29.9 Å². The molecule has 1 fully saturated rings. The summed E-state index contributed by atoms with van der Waals surface area (Å²) in [6, 6.07) is 4.11. The monoisotopic (exact) mass is 384 g/mol. The Morgan fingerprint density at radius 3 is 2.64 bits per heavy atom. The third-order valence-corrected chi connectivity index (χ3v) is 6.11. The largest absolute Gasteiger partial charge is 0.348 e. The van der Waals surface area contributed by atoms with Crippen molar-refractivity contribution in [2.24, 2.45) is 0 Å². The zero-order valence-electron chi connectivity index (χ0n) is 13.8. The van der Waals surface area contributed by atoms with E-state index in [0.29, 0.717) is 16.4 Å². The van der Waals surface area contributed by atoms with Crippen molar-refractivity contribution in [3.8, 4) is 0 Å². The maximum Gasteiger partial charge on any atom is 0.263 e. The Hall–Kier alpha value is -1.50. The number of rotatable bonds is 4. The second kappa shape index (κ2) is 7.81. The Morgan fingerprint density at radius 1 is 1.32 bits per heavy atom. The van der Waals surface area contributed by atoms with Crippen LogP contribution in [0.4, 0.5) is 8.78 Å². The van der Waals surface area contributed by atoms with Gasteiger partial charge in [0, 0.05) is 25.7 Å². The van der Waals surface area contributed by atoms with E-state index in [9.17, 15) is 13.6 Å². The summed E-state index contributed by atoms with van der Waals surface area (Å²) in [7, 11) is 0. The van der Waals surface area contributed by atoms with Gasteiger partial charge in [0.15, 0.2) is 11.6 Å². The standard InChI is InChI=1S/C18H19ClF2N2OS/c1-11-10-25-17(16(11)19)18(24)22-13-4-6-23(7-5-13)9-12-2-3-14(20)15(21)8-12/h2-3,8,10,13H,4-7,9H2,1H3,(H,22,24). The molecule has 1 aromatic heterocycles. The molecule has 0 unspecified atom stereocenters. The molecule has 1 aromatic carbocycles. The average Bonchev–Trinajstić information content (AvgIpc) is 2.92. The summed E-state index contributed by atoms with van der Waals surface area (Å²) in [5.41, 5.74) is 1.67. The lowest BCUT2D eigenvalue weighted by atomic mass is 10.0. The van der Waals surface area contributed by atoms with Gasteiger partial charge >= 0.3 is 0 Å². The summed E-state index contributed by atoms with van der Waals surface area (Å²) < 4.78 is 26.3. The Bertz CT molecular complexity index is 772. The number of halogens is 3. The number of nitrogens with one attached hydrogen (secondary N) is 1. The molecular weight excluding hydrogens is 366 g/mol. The van der Waals surface area contributed by atoms with Crippen molar-refractivity contribution in [1.29, 1.82) is 0 Å². The summed E-state index contributed by atoms with van der Waals surface area (Å²) in [6.07, 6.45) is 1.63. The number of benzene rings is 1. The number of carbonyl (C=O) groups excluding carboxylic acids is 1. The van der Waals surface area contributed by atoms with Crippen LogP contribution < -0.4 is 5.32 Å². The van der Waals surface area contributed by atoms with Crippen molar-refractivity contribution in [3.05, 3.63) is 56.2 Å². The van der Waals surface area contributed by atoms with E-state index >= 15 is 0 Å². The highest BCUT2D eigenvalue weighted by Crippen LogP contribution is 2.27. The minimum atomic E-state index is -0.826. The zero-order chi connectivity index (χ0) is 18.0. The molecule has 134 valence electrons. The fourth-order valence-corrected chi connectivity index (χ4v) is 4.15. The Labute approximate surface area is 154 Å². The highest BCUT2D eigenvalue weighted by Gasteiger charge is 2.23. The van der Waals surface area contributed by atoms with Crippen LogP contribution in [0, 0.1) is 18.6 Å². The predicted octanol–water partition coefficient (Wildman–Crippen LogP) is 4.38. The maximum atomic E-state index is 13.3. The zero-order valence-corrected chi connectivity index (χ0v) is 15.4. The van der Waals surface area contributed by atoms with Crippen molar-refractivity contribution >= 4 is 28.8 Å². The van der Waals surface area contributed by atoms with Crippen LogP contribution in [0.2, 0.25) is 5.02 Å². The van der Waals surface area contributed by atoms with Gasteiger partial charge in [0.25, 0.3) is 5.91 Å². The summed E-state index contributed by atoms with van der Waals surface area (Å²) >= 11 is 7.50. The molecule has 3 nitrogen and oxygen atoms in total. The number of hydrogen-bond donors (Lipinski definition) is 1. The van der Waals surface area contributed by atoms with Gasteiger partial charge in [-0.25, -0.2) is 8.78 Å². The van der Waals surface area contributed by atoms with Crippen molar-refractivity contribution in [2.75, 3.05) is 13.1 Å². The highest BCUT2D eigenvalue weighted by molar-refractivity contribution is 7.13. The quantitative estimate of drug-likeness (QED) is 0.848. The van der Waals surface area contributed by atoms with Crippen molar-refractivity contribution < 1.29 is 13.6 Å². The fourth-order valence-electron chi connectivity index (χ4n) is 2.97. The minimum absolute atomic E-state index is 0.104. The minimum Gasteiger partial charge on any atom is -0.348 e. The van der Waals surface area contributed by atoms with Crippen LogP contribution in [0.3, 0.4) is 0 Å². The lowest BCUT2D eigenvalue weighted by molar-refractivity contribution is 0.0913. The van der Waals surface area contributed by atoms with E-state index in [-0.39, 0.29) is 11.9 Å². The van der Waals surface area contributed by atoms with Gasteiger partial charge in [-0.15, -0.1) is 11.3 Å². The Balaban J connectivity index is 1.51. The van der Waals surface area contributed by atoms with Crippen molar-refractivity contribution in [3.63, 3.8) is 0 Å². The molecule has 0 saturated carbocycles. The third-order valence-electron chi connectivity index (χ3n) is 4.42. The number of nitrogens with zero attached hydrogens (tertiary/aromatic N) is 1. The fraction of sp³-hybridized carbons (Fsp3) is 0.389. The lowest BCUT2D eigenvalue weighted by Gasteiger charge is -2.32. The third kappa shape index (κ3) is 4.37. The molecule has 0 radical (unpaired) electrons. The van der Waals surface area contributed by atoms with Crippen molar-refractivity contribution in [1.82, 2.24) is 10.2 Å². The topological polar surface area (TPSA) is 32.3 Å². The second-order valence-corrected chi connectivity index (χ2v) is 7.59. The molecule has 0 bridgehead atoms. The number of carbonyl (C=O) groups is 1. The molecular formula is C18H19ClF2N2OS. The molecule has 1 saturated heterocycles. The van der Waals surface area contributed by atoms with Crippen LogP contribution >= 0.6 is 22.9 Å². The molecule has 25 heavy (non-hydrogen) atoms. The van der Waals surface area contributed by atoms with Crippen LogP contribution in [0.15, 0.2) is 23.6 Å². The Morgan fingerprint density at radius 2 is 2.04 bits per heavy atom. The van der Waals surface area contributed by atoms with E-state index in [1.54, 1.807) is 6.07 Å². The van der Waals surface area contributed by atoms with E-state index in [1.165, 1.54) is 17.4 Å². The molecule has 2 heterocycles.